The Kier molecular flexibility index (Phi) is 2.57. The first-order valence-electron chi connectivity index (χ1n) is 3.30. The van der Waals surface area contributed by atoms with Crippen molar-refractivity contribution in [1.29, 1.82) is 0 Å². The number of aryl methyl sites for hydroxylation is 1. The van der Waals surface area contributed by atoms with Crippen molar-refractivity contribution in [2.24, 2.45) is 5.90 Å². The van der Waals surface area contributed by atoms with Gasteiger partial charge in [0, 0.05) is 0 Å². The number of rotatable bonds is 2. The van der Waals surface area contributed by atoms with Gasteiger partial charge >= 0.3 is 0 Å². The van der Waals surface area contributed by atoms with Crippen molar-refractivity contribution < 1.29 is 9.23 Å². The van der Waals surface area contributed by atoms with Crippen LogP contribution in [0.5, 0.6) is 0 Å². The molecule has 0 bridgehead atoms. The molecule has 0 spiro atoms. The van der Waals surface area contributed by atoms with Crippen LogP contribution in [0.3, 0.4) is 0 Å². The fourth-order valence-corrected chi connectivity index (χ4v) is 0.885. The first-order chi connectivity index (χ1) is 5.24. The number of halogens is 1. The van der Waals surface area contributed by atoms with Crippen molar-refractivity contribution in [2.75, 3.05) is 0 Å². The maximum atomic E-state index is 12.6. The molecule has 0 aliphatic carbocycles. The van der Waals surface area contributed by atoms with E-state index in [4.69, 9.17) is 5.90 Å². The van der Waals surface area contributed by atoms with Gasteiger partial charge in [-0.2, -0.15) is 0 Å². The predicted octanol–water partition coefficient (Wildman–Crippen LogP) is 1.52. The molecule has 0 heterocycles. The summed E-state index contributed by atoms with van der Waals surface area (Å²) in [4.78, 5) is 4.40. The van der Waals surface area contributed by atoms with Gasteiger partial charge in [-0.15, -0.1) is 0 Å². The molecule has 2 N–H and O–H groups in total. The van der Waals surface area contributed by atoms with Gasteiger partial charge in [0.1, 0.15) is 5.82 Å². The van der Waals surface area contributed by atoms with Gasteiger partial charge < -0.3 is 0 Å². The summed E-state index contributed by atoms with van der Waals surface area (Å²) in [5.74, 6) is 4.60. The van der Waals surface area contributed by atoms with E-state index >= 15 is 0 Å². The van der Waals surface area contributed by atoms with E-state index in [1.165, 1.54) is 12.1 Å². The van der Waals surface area contributed by atoms with Crippen molar-refractivity contribution in [2.45, 2.75) is 13.5 Å². The Labute approximate surface area is 64.7 Å². The summed E-state index contributed by atoms with van der Waals surface area (Å²) >= 11 is 0. The Morgan fingerprint density at radius 2 is 2.27 bits per heavy atom. The highest BCUT2D eigenvalue weighted by atomic mass is 19.1. The highest BCUT2D eigenvalue weighted by Crippen LogP contribution is 2.10. The normalized spacial score (nSPS) is 10.1. The van der Waals surface area contributed by atoms with Crippen molar-refractivity contribution in [1.82, 2.24) is 0 Å². The minimum absolute atomic E-state index is 0.254. The molecule has 0 aromatic heterocycles. The van der Waals surface area contributed by atoms with Gasteiger partial charge in [0.05, 0.1) is 6.61 Å². The molecular weight excluding hydrogens is 145 g/mol. The first kappa shape index (κ1) is 8.17. The Hall–Kier alpha value is -0.930. The molecule has 1 aromatic rings. The average molecular weight is 155 g/mol. The van der Waals surface area contributed by atoms with Crippen LogP contribution in [0.4, 0.5) is 4.39 Å². The van der Waals surface area contributed by atoms with E-state index in [1.54, 1.807) is 6.07 Å². The monoisotopic (exact) mass is 155 g/mol. The zero-order valence-electron chi connectivity index (χ0n) is 6.30. The Balaban J connectivity index is 2.93. The van der Waals surface area contributed by atoms with E-state index in [0.29, 0.717) is 0 Å². The molecular formula is C8H10FNO. The van der Waals surface area contributed by atoms with Crippen LogP contribution in [-0.4, -0.2) is 0 Å². The maximum Gasteiger partial charge on any atom is 0.123 e. The third-order valence-corrected chi connectivity index (χ3v) is 1.55. The minimum atomic E-state index is -0.261. The number of nitrogens with two attached hydrogens (primary N) is 1. The second-order valence-corrected chi connectivity index (χ2v) is 2.38. The van der Waals surface area contributed by atoms with Crippen LogP contribution in [0.15, 0.2) is 18.2 Å². The number of hydrogen-bond donors (Lipinski definition) is 1. The van der Waals surface area contributed by atoms with Crippen molar-refractivity contribution in [3.05, 3.63) is 35.1 Å². The fourth-order valence-electron chi connectivity index (χ4n) is 0.885. The summed E-state index contributed by atoms with van der Waals surface area (Å²) in [6, 6.07) is 4.53. The fraction of sp³-hybridized carbons (Fsp3) is 0.250. The van der Waals surface area contributed by atoms with Crippen LogP contribution < -0.4 is 5.90 Å². The van der Waals surface area contributed by atoms with E-state index in [-0.39, 0.29) is 12.4 Å². The largest absolute Gasteiger partial charge is 0.300 e. The molecule has 1 aromatic carbocycles. The molecule has 0 saturated heterocycles. The smallest absolute Gasteiger partial charge is 0.123 e. The molecule has 3 heteroatoms. The lowest BCUT2D eigenvalue weighted by Crippen LogP contribution is -2.00. The Morgan fingerprint density at radius 1 is 1.55 bits per heavy atom. The molecule has 0 fully saturated rings. The second-order valence-electron chi connectivity index (χ2n) is 2.38. The molecule has 0 saturated carbocycles. The third kappa shape index (κ3) is 2.00. The van der Waals surface area contributed by atoms with Crippen LogP contribution in [0.2, 0.25) is 0 Å². The van der Waals surface area contributed by atoms with Gasteiger partial charge in [-0.05, 0) is 30.2 Å². The zero-order chi connectivity index (χ0) is 8.27. The van der Waals surface area contributed by atoms with Crippen molar-refractivity contribution in [3.63, 3.8) is 0 Å². The molecule has 0 radical (unpaired) electrons. The molecule has 1 rings (SSSR count). The summed E-state index contributed by atoms with van der Waals surface area (Å²) in [6.45, 7) is 2.14. The van der Waals surface area contributed by atoms with E-state index in [1.807, 2.05) is 6.92 Å². The molecule has 2 nitrogen and oxygen atoms in total. The lowest BCUT2D eigenvalue weighted by atomic mass is 10.1. The van der Waals surface area contributed by atoms with Gasteiger partial charge in [-0.3, -0.25) is 4.84 Å². The zero-order valence-corrected chi connectivity index (χ0v) is 6.30. The lowest BCUT2D eigenvalue weighted by molar-refractivity contribution is 0.123. The third-order valence-electron chi connectivity index (χ3n) is 1.55. The minimum Gasteiger partial charge on any atom is -0.300 e. The van der Waals surface area contributed by atoms with E-state index in [2.05, 4.69) is 4.84 Å². The Bertz CT molecular complexity index is 250. The summed E-state index contributed by atoms with van der Waals surface area (Å²) in [5, 5.41) is 0. The highest BCUT2D eigenvalue weighted by molar-refractivity contribution is 5.25. The van der Waals surface area contributed by atoms with Gasteiger partial charge in [-0.1, -0.05) is 6.07 Å². The summed E-state index contributed by atoms with van der Waals surface area (Å²) in [5.41, 5.74) is 1.77. The van der Waals surface area contributed by atoms with E-state index < -0.39 is 0 Å². The standard InChI is InChI=1S/C8H10FNO/c1-6-2-3-8(9)4-7(6)5-11-10/h2-4H,5,10H2,1H3. The average Bonchev–Trinajstić information content (AvgIpc) is 1.98. The predicted molar refractivity (Wildman–Crippen MR) is 40.1 cm³/mol. The van der Waals surface area contributed by atoms with Gasteiger partial charge in [0.15, 0.2) is 0 Å². The van der Waals surface area contributed by atoms with Crippen LogP contribution >= 0.6 is 0 Å². The number of hydrogen-bond acceptors (Lipinski definition) is 2. The summed E-state index contributed by atoms with van der Waals surface area (Å²) < 4.78 is 12.6. The number of benzene rings is 1. The maximum absolute atomic E-state index is 12.6. The van der Waals surface area contributed by atoms with Gasteiger partial charge in [0.25, 0.3) is 0 Å². The molecule has 0 aliphatic rings. The van der Waals surface area contributed by atoms with Gasteiger partial charge in [0.2, 0.25) is 0 Å². The molecule has 60 valence electrons. The van der Waals surface area contributed by atoms with E-state index in [0.717, 1.165) is 11.1 Å². The van der Waals surface area contributed by atoms with Crippen LogP contribution in [0.25, 0.3) is 0 Å². The van der Waals surface area contributed by atoms with Crippen LogP contribution in [0, 0.1) is 12.7 Å². The Morgan fingerprint density at radius 3 is 2.91 bits per heavy atom. The molecule has 0 aliphatic heterocycles. The molecule has 11 heavy (non-hydrogen) atoms. The first-order valence-corrected chi connectivity index (χ1v) is 3.30. The van der Waals surface area contributed by atoms with Crippen LogP contribution in [0.1, 0.15) is 11.1 Å². The van der Waals surface area contributed by atoms with Gasteiger partial charge in [-0.25, -0.2) is 10.3 Å². The molecule has 0 amide bonds. The SMILES string of the molecule is Cc1ccc(F)cc1CON. The molecule has 0 atom stereocenters. The van der Waals surface area contributed by atoms with E-state index in [9.17, 15) is 4.39 Å². The van der Waals surface area contributed by atoms with Crippen molar-refractivity contribution >= 4 is 0 Å². The highest BCUT2D eigenvalue weighted by Gasteiger charge is 1.98. The second kappa shape index (κ2) is 3.46. The topological polar surface area (TPSA) is 35.2 Å². The van der Waals surface area contributed by atoms with Crippen LogP contribution in [-0.2, 0) is 11.4 Å². The van der Waals surface area contributed by atoms with Crippen molar-refractivity contribution in [3.8, 4) is 0 Å². The summed E-state index contributed by atoms with van der Waals surface area (Å²) in [7, 11) is 0. The quantitative estimate of drug-likeness (QED) is 0.657. The summed E-state index contributed by atoms with van der Waals surface area (Å²) in [6.07, 6.45) is 0. The lowest BCUT2D eigenvalue weighted by Gasteiger charge is -2.02. The molecule has 0 unspecified atom stereocenters.